The van der Waals surface area contributed by atoms with Gasteiger partial charge in [0.15, 0.2) is 5.16 Å². The van der Waals surface area contributed by atoms with Gasteiger partial charge < -0.3 is 9.67 Å². The Morgan fingerprint density at radius 1 is 1.59 bits per heavy atom. The molecule has 0 aliphatic heterocycles. The monoisotopic (exact) mass is 268 g/mol. The summed E-state index contributed by atoms with van der Waals surface area (Å²) in [5.74, 6) is -0.766. The molecule has 0 saturated carbocycles. The summed E-state index contributed by atoms with van der Waals surface area (Å²) in [6, 6.07) is 2.10. The lowest BCUT2D eigenvalue weighted by Crippen LogP contribution is -2.04. The molecular weight excluding hydrogens is 256 g/mol. The molecule has 1 N–H and O–H groups in total. The number of carboxylic acids is 1. The molecule has 90 valence electrons. The molecule has 0 unspecified atom stereocenters. The average molecular weight is 268 g/mol. The zero-order chi connectivity index (χ0) is 12.1. The number of aryl methyl sites for hydroxylation is 2. The number of carboxylic acid groups (broad SMARTS) is 1. The zero-order valence-corrected chi connectivity index (χ0v) is 10.7. The van der Waals surface area contributed by atoms with E-state index in [9.17, 15) is 4.79 Å². The van der Waals surface area contributed by atoms with Crippen LogP contribution in [0.3, 0.4) is 0 Å². The summed E-state index contributed by atoms with van der Waals surface area (Å²) >= 11 is 2.94. The fraction of sp³-hybridized carbons (Fsp3) is 0.273. The maximum Gasteiger partial charge on any atom is 0.313 e. The number of aromatic nitrogens is 2. The summed E-state index contributed by atoms with van der Waals surface area (Å²) in [5.41, 5.74) is 1.30. The van der Waals surface area contributed by atoms with Gasteiger partial charge in [0.25, 0.3) is 0 Å². The molecule has 0 amide bonds. The van der Waals surface area contributed by atoms with Gasteiger partial charge >= 0.3 is 5.97 Å². The van der Waals surface area contributed by atoms with Crippen molar-refractivity contribution in [1.82, 2.24) is 9.55 Å². The van der Waals surface area contributed by atoms with Crippen molar-refractivity contribution in [1.29, 1.82) is 0 Å². The van der Waals surface area contributed by atoms with Crippen LogP contribution >= 0.6 is 23.1 Å². The molecule has 0 aliphatic carbocycles. The van der Waals surface area contributed by atoms with Crippen molar-refractivity contribution in [2.24, 2.45) is 0 Å². The van der Waals surface area contributed by atoms with E-state index in [1.807, 2.05) is 10.8 Å². The summed E-state index contributed by atoms with van der Waals surface area (Å²) in [5, 5.41) is 13.6. The molecule has 4 nitrogen and oxygen atoms in total. The Balaban J connectivity index is 1.92. The maximum atomic E-state index is 10.5. The Kier molecular flexibility index (Phi) is 4.22. The highest BCUT2D eigenvalue weighted by molar-refractivity contribution is 7.99. The third kappa shape index (κ3) is 3.61. The van der Waals surface area contributed by atoms with Crippen LogP contribution in [-0.4, -0.2) is 26.4 Å². The normalized spacial score (nSPS) is 10.6. The van der Waals surface area contributed by atoms with Crippen LogP contribution in [-0.2, 0) is 17.8 Å². The number of aliphatic carboxylic acids is 1. The van der Waals surface area contributed by atoms with Crippen LogP contribution in [0.1, 0.15) is 5.56 Å². The molecule has 6 heteroatoms. The van der Waals surface area contributed by atoms with Gasteiger partial charge in [0.05, 0.1) is 5.75 Å². The van der Waals surface area contributed by atoms with Crippen molar-refractivity contribution in [2.75, 3.05) is 5.75 Å². The fourth-order valence-electron chi connectivity index (χ4n) is 1.42. The Morgan fingerprint density at radius 2 is 2.47 bits per heavy atom. The molecule has 0 atom stereocenters. The summed E-state index contributed by atoms with van der Waals surface area (Å²) < 4.78 is 1.99. The van der Waals surface area contributed by atoms with E-state index >= 15 is 0 Å². The lowest BCUT2D eigenvalue weighted by Gasteiger charge is -2.05. The third-order valence-corrected chi connectivity index (χ3v) is 3.94. The minimum atomic E-state index is -0.817. The number of thioether (sulfide) groups is 1. The Morgan fingerprint density at radius 3 is 3.18 bits per heavy atom. The quantitative estimate of drug-likeness (QED) is 0.817. The number of hydrogen-bond acceptors (Lipinski definition) is 4. The molecule has 17 heavy (non-hydrogen) atoms. The zero-order valence-electron chi connectivity index (χ0n) is 9.07. The van der Waals surface area contributed by atoms with Gasteiger partial charge in [0, 0.05) is 18.9 Å². The van der Waals surface area contributed by atoms with Crippen molar-refractivity contribution < 1.29 is 9.90 Å². The Labute approximate surface area is 107 Å². The number of imidazole rings is 1. The molecule has 2 aromatic rings. The Bertz CT molecular complexity index is 479. The van der Waals surface area contributed by atoms with E-state index in [4.69, 9.17) is 5.11 Å². The minimum Gasteiger partial charge on any atom is -0.481 e. The predicted octanol–water partition coefficient (Wildman–Crippen LogP) is 2.36. The van der Waals surface area contributed by atoms with E-state index in [0.717, 1.165) is 18.1 Å². The van der Waals surface area contributed by atoms with Crippen LogP contribution < -0.4 is 0 Å². The van der Waals surface area contributed by atoms with Crippen molar-refractivity contribution in [3.05, 3.63) is 34.8 Å². The lowest BCUT2D eigenvalue weighted by atomic mass is 10.2. The SMILES string of the molecule is O=C(O)CSc1nccn1CCc1ccsc1. The van der Waals surface area contributed by atoms with E-state index in [2.05, 4.69) is 21.8 Å². The van der Waals surface area contributed by atoms with Gasteiger partial charge in [-0.05, 0) is 28.8 Å². The summed E-state index contributed by atoms with van der Waals surface area (Å²) in [6.07, 6.45) is 4.54. The second-order valence-electron chi connectivity index (χ2n) is 3.47. The first-order chi connectivity index (χ1) is 8.25. The highest BCUT2D eigenvalue weighted by atomic mass is 32.2. The predicted molar refractivity (Wildman–Crippen MR) is 68.6 cm³/mol. The van der Waals surface area contributed by atoms with Gasteiger partial charge in [-0.1, -0.05) is 11.8 Å². The fourth-order valence-corrected chi connectivity index (χ4v) is 2.83. The summed E-state index contributed by atoms with van der Waals surface area (Å²) in [4.78, 5) is 14.6. The standard InChI is InChI=1S/C11H12N2O2S2/c14-10(15)8-17-11-12-3-5-13(11)4-1-9-2-6-16-7-9/h2-3,5-7H,1,4,8H2,(H,14,15). The number of nitrogens with zero attached hydrogens (tertiary/aromatic N) is 2. The highest BCUT2D eigenvalue weighted by Gasteiger charge is 2.06. The van der Waals surface area contributed by atoms with E-state index in [1.165, 1.54) is 17.3 Å². The van der Waals surface area contributed by atoms with E-state index in [0.29, 0.717) is 0 Å². The molecule has 0 fully saturated rings. The van der Waals surface area contributed by atoms with Gasteiger partial charge in [-0.25, -0.2) is 4.98 Å². The molecule has 0 aliphatic rings. The molecular formula is C11H12N2O2S2. The van der Waals surface area contributed by atoms with Gasteiger partial charge in [-0.15, -0.1) is 0 Å². The number of carbonyl (C=O) groups is 1. The van der Waals surface area contributed by atoms with Gasteiger partial charge in [-0.3, -0.25) is 4.79 Å². The highest BCUT2D eigenvalue weighted by Crippen LogP contribution is 2.16. The van der Waals surface area contributed by atoms with Crippen molar-refractivity contribution >= 4 is 29.1 Å². The third-order valence-electron chi connectivity index (χ3n) is 2.22. The van der Waals surface area contributed by atoms with Crippen molar-refractivity contribution in [3.8, 4) is 0 Å². The Hall–Kier alpha value is -1.27. The molecule has 2 aromatic heterocycles. The van der Waals surface area contributed by atoms with Crippen LogP contribution in [0.2, 0.25) is 0 Å². The number of thiophene rings is 1. The molecule has 2 heterocycles. The molecule has 2 rings (SSSR count). The second kappa shape index (κ2) is 5.88. The first kappa shape index (κ1) is 12.2. The first-order valence-electron chi connectivity index (χ1n) is 5.12. The number of hydrogen-bond donors (Lipinski definition) is 1. The molecule has 0 spiro atoms. The molecule has 0 saturated heterocycles. The lowest BCUT2D eigenvalue weighted by molar-refractivity contribution is -0.133. The topological polar surface area (TPSA) is 55.1 Å². The molecule has 0 radical (unpaired) electrons. The van der Waals surface area contributed by atoms with Gasteiger partial charge in [0.2, 0.25) is 0 Å². The van der Waals surface area contributed by atoms with Crippen LogP contribution in [0.4, 0.5) is 0 Å². The summed E-state index contributed by atoms with van der Waals surface area (Å²) in [7, 11) is 0. The van der Waals surface area contributed by atoms with Gasteiger partial charge in [0.1, 0.15) is 0 Å². The molecule has 0 bridgehead atoms. The largest absolute Gasteiger partial charge is 0.481 e. The second-order valence-corrected chi connectivity index (χ2v) is 5.19. The van der Waals surface area contributed by atoms with E-state index < -0.39 is 5.97 Å². The van der Waals surface area contributed by atoms with Crippen LogP contribution in [0.25, 0.3) is 0 Å². The first-order valence-corrected chi connectivity index (χ1v) is 7.05. The van der Waals surface area contributed by atoms with Gasteiger partial charge in [-0.2, -0.15) is 11.3 Å². The number of rotatable bonds is 6. The summed E-state index contributed by atoms with van der Waals surface area (Å²) in [6.45, 7) is 0.832. The van der Waals surface area contributed by atoms with Crippen LogP contribution in [0.15, 0.2) is 34.4 Å². The van der Waals surface area contributed by atoms with E-state index in [1.54, 1.807) is 17.5 Å². The van der Waals surface area contributed by atoms with Crippen LogP contribution in [0, 0.1) is 0 Å². The van der Waals surface area contributed by atoms with Crippen molar-refractivity contribution in [3.63, 3.8) is 0 Å². The minimum absolute atomic E-state index is 0.0511. The van der Waals surface area contributed by atoms with Crippen molar-refractivity contribution in [2.45, 2.75) is 18.1 Å². The smallest absolute Gasteiger partial charge is 0.313 e. The average Bonchev–Trinajstić information content (AvgIpc) is 2.95. The van der Waals surface area contributed by atoms with E-state index in [-0.39, 0.29) is 5.75 Å². The maximum absolute atomic E-state index is 10.5. The van der Waals surface area contributed by atoms with Crippen LogP contribution in [0.5, 0.6) is 0 Å². The molecule has 0 aromatic carbocycles.